The van der Waals surface area contributed by atoms with Crippen molar-refractivity contribution in [1.82, 2.24) is 0 Å². The van der Waals surface area contributed by atoms with Crippen LogP contribution in [0.15, 0.2) is 84.9 Å². The number of hydrogen-bond acceptors (Lipinski definition) is 2. The van der Waals surface area contributed by atoms with Gasteiger partial charge in [-0.3, -0.25) is 0 Å². The van der Waals surface area contributed by atoms with E-state index < -0.39 is 0 Å². The first kappa shape index (κ1) is 18.3. The van der Waals surface area contributed by atoms with E-state index >= 15 is 0 Å². The summed E-state index contributed by atoms with van der Waals surface area (Å²) < 4.78 is 5.73. The molecule has 4 aromatic rings. The van der Waals surface area contributed by atoms with Gasteiger partial charge in [0.05, 0.1) is 6.61 Å². The van der Waals surface area contributed by atoms with E-state index in [1.165, 1.54) is 10.8 Å². The molecule has 26 heavy (non-hydrogen) atoms. The third kappa shape index (κ3) is 4.55. The van der Waals surface area contributed by atoms with Crippen molar-refractivity contribution in [1.29, 1.82) is 0 Å². The molecular formula is C23H21BrO2. The quantitative estimate of drug-likeness (QED) is 0.306. The maximum absolute atomic E-state index is 9.37. The second-order valence-electron chi connectivity index (χ2n) is 5.87. The number of ether oxygens (including phenoxy) is 1. The summed E-state index contributed by atoms with van der Waals surface area (Å²) in [6.45, 7) is 0.763. The number of halogens is 1. The first-order chi connectivity index (χ1) is 12.8. The van der Waals surface area contributed by atoms with Crippen molar-refractivity contribution in [2.75, 3.05) is 11.9 Å². The molecule has 0 aromatic heterocycles. The van der Waals surface area contributed by atoms with Gasteiger partial charge >= 0.3 is 0 Å². The summed E-state index contributed by atoms with van der Waals surface area (Å²) >= 11 is 3.39. The predicted octanol–water partition coefficient (Wildman–Crippen LogP) is 6.55. The van der Waals surface area contributed by atoms with Gasteiger partial charge in [-0.25, -0.2) is 0 Å². The van der Waals surface area contributed by atoms with E-state index in [0.717, 1.165) is 34.9 Å². The Morgan fingerprint density at radius 2 is 1.27 bits per heavy atom. The molecular weight excluding hydrogens is 388 g/mol. The topological polar surface area (TPSA) is 29.5 Å². The van der Waals surface area contributed by atoms with Crippen molar-refractivity contribution in [2.24, 2.45) is 0 Å². The average Bonchev–Trinajstić information content (AvgIpc) is 2.69. The second-order valence-corrected chi connectivity index (χ2v) is 6.66. The lowest BCUT2D eigenvalue weighted by atomic mass is 10.1. The highest BCUT2D eigenvalue weighted by Gasteiger charge is 2.00. The van der Waals surface area contributed by atoms with Crippen LogP contribution in [0.25, 0.3) is 21.5 Å². The predicted molar refractivity (Wildman–Crippen MR) is 113 cm³/mol. The van der Waals surface area contributed by atoms with Crippen LogP contribution in [-0.4, -0.2) is 17.0 Å². The maximum Gasteiger partial charge on any atom is 0.127 e. The van der Waals surface area contributed by atoms with Gasteiger partial charge < -0.3 is 9.84 Å². The van der Waals surface area contributed by atoms with E-state index in [4.69, 9.17) is 4.74 Å². The van der Waals surface area contributed by atoms with Crippen molar-refractivity contribution in [3.8, 4) is 11.5 Å². The molecule has 2 nitrogen and oxygen atoms in total. The number of alkyl halides is 1. The first-order valence-electron chi connectivity index (χ1n) is 8.63. The molecule has 0 heterocycles. The average molecular weight is 409 g/mol. The number of phenols is 1. The van der Waals surface area contributed by atoms with Gasteiger partial charge in [-0.05, 0) is 29.3 Å². The fourth-order valence-corrected chi connectivity index (χ4v) is 3.00. The molecule has 0 unspecified atom stereocenters. The SMILES string of the molecule is BrCCCOc1cccc2ccccc12.Oc1cccc2ccccc12. The summed E-state index contributed by atoms with van der Waals surface area (Å²) in [7, 11) is 0. The molecule has 0 atom stereocenters. The molecule has 132 valence electrons. The second kappa shape index (κ2) is 9.25. The highest BCUT2D eigenvalue weighted by atomic mass is 79.9. The number of fused-ring (bicyclic) bond motifs is 2. The molecule has 4 rings (SSSR count). The van der Waals surface area contributed by atoms with Gasteiger partial charge in [0, 0.05) is 16.1 Å². The molecule has 4 aromatic carbocycles. The van der Waals surface area contributed by atoms with Crippen molar-refractivity contribution in [3.63, 3.8) is 0 Å². The third-order valence-electron chi connectivity index (χ3n) is 4.05. The van der Waals surface area contributed by atoms with Crippen LogP contribution in [0.1, 0.15) is 6.42 Å². The fraction of sp³-hybridized carbons (Fsp3) is 0.130. The maximum atomic E-state index is 9.37. The first-order valence-corrected chi connectivity index (χ1v) is 9.75. The molecule has 0 aliphatic heterocycles. The van der Waals surface area contributed by atoms with E-state index in [0.29, 0.717) is 5.75 Å². The monoisotopic (exact) mass is 408 g/mol. The molecule has 3 heteroatoms. The molecule has 0 saturated heterocycles. The molecule has 1 N–H and O–H groups in total. The molecule has 0 radical (unpaired) electrons. The number of phenolic OH excluding ortho intramolecular Hbond substituents is 1. The van der Waals surface area contributed by atoms with Gasteiger partial charge in [-0.15, -0.1) is 0 Å². The van der Waals surface area contributed by atoms with Crippen LogP contribution in [0.4, 0.5) is 0 Å². The molecule has 0 aliphatic carbocycles. The third-order valence-corrected chi connectivity index (χ3v) is 4.61. The lowest BCUT2D eigenvalue weighted by Gasteiger charge is -2.08. The highest BCUT2D eigenvalue weighted by Crippen LogP contribution is 2.25. The summed E-state index contributed by atoms with van der Waals surface area (Å²) in [5.74, 6) is 1.33. The Morgan fingerprint density at radius 3 is 1.96 bits per heavy atom. The Labute approximate surface area is 162 Å². The van der Waals surface area contributed by atoms with Gasteiger partial charge in [-0.1, -0.05) is 88.7 Å². The molecule has 0 bridgehead atoms. The summed E-state index contributed by atoms with van der Waals surface area (Å²) in [5.41, 5.74) is 0. The summed E-state index contributed by atoms with van der Waals surface area (Å²) in [4.78, 5) is 0. The van der Waals surface area contributed by atoms with E-state index in [9.17, 15) is 5.11 Å². The number of hydrogen-bond donors (Lipinski definition) is 1. The highest BCUT2D eigenvalue weighted by molar-refractivity contribution is 9.09. The van der Waals surface area contributed by atoms with Crippen LogP contribution < -0.4 is 4.74 Å². The van der Waals surface area contributed by atoms with Crippen LogP contribution in [0.2, 0.25) is 0 Å². The van der Waals surface area contributed by atoms with E-state index in [1.54, 1.807) is 6.07 Å². The van der Waals surface area contributed by atoms with Crippen molar-refractivity contribution in [2.45, 2.75) is 6.42 Å². The van der Waals surface area contributed by atoms with E-state index in [2.05, 4.69) is 34.1 Å². The zero-order chi connectivity index (χ0) is 18.2. The fourth-order valence-electron chi connectivity index (χ4n) is 2.77. The standard InChI is InChI=1S/C13H13BrO.C10H8O/c14-9-4-10-15-13-8-3-6-11-5-1-2-7-12(11)13;11-10-7-3-5-8-4-1-2-6-9(8)10/h1-3,5-8H,4,9-10H2;1-7,11H. The van der Waals surface area contributed by atoms with Gasteiger partial charge in [0.25, 0.3) is 0 Å². The van der Waals surface area contributed by atoms with Gasteiger partial charge in [0.2, 0.25) is 0 Å². The van der Waals surface area contributed by atoms with Gasteiger partial charge in [-0.2, -0.15) is 0 Å². The van der Waals surface area contributed by atoms with Crippen LogP contribution in [0.3, 0.4) is 0 Å². The van der Waals surface area contributed by atoms with Crippen molar-refractivity contribution in [3.05, 3.63) is 84.9 Å². The Kier molecular flexibility index (Phi) is 6.50. The Morgan fingerprint density at radius 1 is 0.692 bits per heavy atom. The molecule has 0 aliphatic rings. The molecule has 0 fully saturated rings. The smallest absolute Gasteiger partial charge is 0.127 e. The normalized spacial score (nSPS) is 10.3. The minimum absolute atomic E-state index is 0.350. The van der Waals surface area contributed by atoms with Crippen LogP contribution in [0.5, 0.6) is 11.5 Å². The molecule has 0 spiro atoms. The van der Waals surface area contributed by atoms with Gasteiger partial charge in [0.15, 0.2) is 0 Å². The van der Waals surface area contributed by atoms with Gasteiger partial charge in [0.1, 0.15) is 11.5 Å². The molecule has 0 amide bonds. The Balaban J connectivity index is 0.000000158. The van der Waals surface area contributed by atoms with Crippen LogP contribution in [-0.2, 0) is 0 Å². The Bertz CT molecular complexity index is 971. The summed E-state index contributed by atoms with van der Waals surface area (Å²) in [5, 5.41) is 14.8. The van der Waals surface area contributed by atoms with Crippen LogP contribution in [0, 0.1) is 0 Å². The molecule has 0 saturated carbocycles. The summed E-state index contributed by atoms with van der Waals surface area (Å²) in [6.07, 6.45) is 1.03. The lowest BCUT2D eigenvalue weighted by molar-refractivity contribution is 0.323. The van der Waals surface area contributed by atoms with Crippen molar-refractivity contribution >= 4 is 37.5 Å². The minimum Gasteiger partial charge on any atom is -0.507 e. The largest absolute Gasteiger partial charge is 0.507 e. The zero-order valence-corrected chi connectivity index (χ0v) is 16.0. The minimum atomic E-state index is 0.350. The number of aromatic hydroxyl groups is 1. The van der Waals surface area contributed by atoms with Crippen molar-refractivity contribution < 1.29 is 9.84 Å². The number of benzene rings is 4. The lowest BCUT2D eigenvalue weighted by Crippen LogP contribution is -1.97. The number of rotatable bonds is 4. The zero-order valence-electron chi connectivity index (χ0n) is 14.4. The summed E-state index contributed by atoms with van der Waals surface area (Å²) in [6, 6.07) is 27.7. The van der Waals surface area contributed by atoms with E-state index in [1.807, 2.05) is 60.7 Å². The van der Waals surface area contributed by atoms with Crippen LogP contribution >= 0.6 is 15.9 Å². The van der Waals surface area contributed by atoms with E-state index in [-0.39, 0.29) is 0 Å². The Hall–Kier alpha value is -2.52.